The third-order valence-electron chi connectivity index (χ3n) is 3.20. The van der Waals surface area contributed by atoms with Crippen LogP contribution in [0.15, 0.2) is 6.20 Å². The van der Waals surface area contributed by atoms with Crippen LogP contribution in [0.5, 0.6) is 0 Å². The molecule has 1 aromatic heterocycles. The predicted octanol–water partition coefficient (Wildman–Crippen LogP) is 2.12. The van der Waals surface area contributed by atoms with E-state index in [0.29, 0.717) is 11.6 Å². The summed E-state index contributed by atoms with van der Waals surface area (Å²) in [5, 5.41) is 10.5. The molecule has 0 radical (unpaired) electrons. The monoisotopic (exact) mass is 253 g/mol. The van der Waals surface area contributed by atoms with Crippen molar-refractivity contribution in [3.05, 3.63) is 17.5 Å². The first-order valence-corrected chi connectivity index (χ1v) is 7.18. The fourth-order valence-corrected chi connectivity index (χ4v) is 3.44. The van der Waals surface area contributed by atoms with E-state index in [1.54, 1.807) is 6.20 Å². The summed E-state index contributed by atoms with van der Waals surface area (Å²) in [7, 11) is 0. The highest BCUT2D eigenvalue weighted by Crippen LogP contribution is 2.29. The molecule has 0 saturated heterocycles. The van der Waals surface area contributed by atoms with Crippen LogP contribution in [-0.4, -0.2) is 33.1 Å². The Balaban J connectivity index is 1.86. The van der Waals surface area contributed by atoms with Crippen LogP contribution in [0.1, 0.15) is 42.2 Å². The SMILES string of the molecule is CCSC1CCC(NC(=O)c2cn[nH]c2C)C1. The second-order valence-corrected chi connectivity index (χ2v) is 6.05. The molecule has 4 nitrogen and oxygen atoms in total. The van der Waals surface area contributed by atoms with Crippen LogP contribution < -0.4 is 5.32 Å². The summed E-state index contributed by atoms with van der Waals surface area (Å²) in [5.74, 6) is 1.16. The van der Waals surface area contributed by atoms with Gasteiger partial charge in [0.1, 0.15) is 0 Å². The van der Waals surface area contributed by atoms with E-state index in [-0.39, 0.29) is 5.91 Å². The van der Waals surface area contributed by atoms with Crippen LogP contribution in [0.4, 0.5) is 0 Å². The normalized spacial score (nSPS) is 23.9. The molecule has 2 N–H and O–H groups in total. The molecule has 1 amide bonds. The molecule has 1 aromatic rings. The van der Waals surface area contributed by atoms with Crippen molar-refractivity contribution < 1.29 is 4.79 Å². The lowest BCUT2D eigenvalue weighted by Gasteiger charge is -2.12. The van der Waals surface area contributed by atoms with Gasteiger partial charge in [0.05, 0.1) is 11.8 Å². The van der Waals surface area contributed by atoms with Crippen molar-refractivity contribution in [1.82, 2.24) is 15.5 Å². The van der Waals surface area contributed by atoms with E-state index >= 15 is 0 Å². The zero-order chi connectivity index (χ0) is 12.3. The summed E-state index contributed by atoms with van der Waals surface area (Å²) in [5.41, 5.74) is 1.50. The highest BCUT2D eigenvalue weighted by molar-refractivity contribution is 7.99. The van der Waals surface area contributed by atoms with Gasteiger partial charge < -0.3 is 5.32 Å². The maximum absolute atomic E-state index is 12.0. The lowest BCUT2D eigenvalue weighted by Crippen LogP contribution is -2.33. The average Bonchev–Trinajstić information content (AvgIpc) is 2.88. The molecule has 2 rings (SSSR count). The van der Waals surface area contributed by atoms with Crippen molar-refractivity contribution in [3.8, 4) is 0 Å². The number of nitrogens with zero attached hydrogens (tertiary/aromatic N) is 1. The van der Waals surface area contributed by atoms with Crippen molar-refractivity contribution in [2.75, 3.05) is 5.75 Å². The van der Waals surface area contributed by atoms with Gasteiger partial charge in [-0.1, -0.05) is 6.92 Å². The van der Waals surface area contributed by atoms with E-state index in [9.17, 15) is 4.79 Å². The number of thioether (sulfide) groups is 1. The Bertz CT molecular complexity index is 391. The molecule has 1 aliphatic rings. The number of rotatable bonds is 4. The molecule has 1 heterocycles. The summed E-state index contributed by atoms with van der Waals surface area (Å²) in [4.78, 5) is 12.0. The van der Waals surface area contributed by atoms with Crippen molar-refractivity contribution in [2.24, 2.45) is 0 Å². The molecule has 0 bridgehead atoms. The topological polar surface area (TPSA) is 57.8 Å². The van der Waals surface area contributed by atoms with E-state index in [2.05, 4.69) is 22.4 Å². The number of H-pyrrole nitrogens is 1. The second-order valence-electron chi connectivity index (χ2n) is 4.47. The number of amides is 1. The molecule has 1 aliphatic carbocycles. The number of hydrogen-bond acceptors (Lipinski definition) is 3. The fraction of sp³-hybridized carbons (Fsp3) is 0.667. The molecular formula is C12H19N3OS. The molecule has 1 fully saturated rings. The number of carbonyl (C=O) groups is 1. The number of aryl methyl sites for hydroxylation is 1. The molecule has 0 spiro atoms. The Morgan fingerprint density at radius 3 is 3.12 bits per heavy atom. The second kappa shape index (κ2) is 5.58. The van der Waals surface area contributed by atoms with Crippen molar-refractivity contribution in [1.29, 1.82) is 0 Å². The first-order valence-electron chi connectivity index (χ1n) is 6.13. The Kier molecular flexibility index (Phi) is 4.10. The Morgan fingerprint density at radius 1 is 1.65 bits per heavy atom. The van der Waals surface area contributed by atoms with Gasteiger partial charge in [0, 0.05) is 17.0 Å². The molecule has 17 heavy (non-hydrogen) atoms. The van der Waals surface area contributed by atoms with Crippen LogP contribution in [0.2, 0.25) is 0 Å². The Morgan fingerprint density at radius 2 is 2.47 bits per heavy atom. The maximum atomic E-state index is 12.0. The number of carbonyl (C=O) groups excluding carboxylic acids is 1. The number of aromatic nitrogens is 2. The summed E-state index contributed by atoms with van der Waals surface area (Å²) in [6.45, 7) is 4.05. The Labute approximate surface area is 106 Å². The van der Waals surface area contributed by atoms with Crippen LogP contribution in [0.3, 0.4) is 0 Å². The summed E-state index contributed by atoms with van der Waals surface area (Å²) in [6.07, 6.45) is 5.01. The van der Waals surface area contributed by atoms with Gasteiger partial charge in [0.25, 0.3) is 5.91 Å². The van der Waals surface area contributed by atoms with Gasteiger partial charge in [-0.3, -0.25) is 9.89 Å². The summed E-state index contributed by atoms with van der Waals surface area (Å²) >= 11 is 2.00. The van der Waals surface area contributed by atoms with Gasteiger partial charge in [-0.15, -0.1) is 0 Å². The molecule has 0 aliphatic heterocycles. The highest BCUT2D eigenvalue weighted by Gasteiger charge is 2.26. The minimum Gasteiger partial charge on any atom is -0.349 e. The summed E-state index contributed by atoms with van der Waals surface area (Å²) in [6, 6.07) is 0.334. The van der Waals surface area contributed by atoms with Crippen LogP contribution in [0, 0.1) is 6.92 Å². The smallest absolute Gasteiger partial charge is 0.254 e. The minimum atomic E-state index is 0.00315. The number of hydrogen-bond donors (Lipinski definition) is 2. The largest absolute Gasteiger partial charge is 0.349 e. The first kappa shape index (κ1) is 12.5. The molecule has 0 aromatic carbocycles. The molecular weight excluding hydrogens is 234 g/mol. The van der Waals surface area contributed by atoms with Gasteiger partial charge in [-0.2, -0.15) is 16.9 Å². The van der Waals surface area contributed by atoms with E-state index in [1.807, 2.05) is 18.7 Å². The quantitative estimate of drug-likeness (QED) is 0.864. The molecule has 5 heteroatoms. The number of nitrogens with one attached hydrogen (secondary N) is 2. The van der Waals surface area contributed by atoms with Crippen molar-refractivity contribution >= 4 is 17.7 Å². The van der Waals surface area contributed by atoms with Crippen molar-refractivity contribution in [3.63, 3.8) is 0 Å². The zero-order valence-electron chi connectivity index (χ0n) is 10.3. The van der Waals surface area contributed by atoms with Crippen LogP contribution in [0.25, 0.3) is 0 Å². The summed E-state index contributed by atoms with van der Waals surface area (Å²) < 4.78 is 0. The van der Waals surface area contributed by atoms with Gasteiger partial charge in [-0.05, 0) is 31.9 Å². The predicted molar refractivity (Wildman–Crippen MR) is 70.3 cm³/mol. The van der Waals surface area contributed by atoms with Gasteiger partial charge >= 0.3 is 0 Å². The molecule has 94 valence electrons. The maximum Gasteiger partial charge on any atom is 0.254 e. The average molecular weight is 253 g/mol. The van der Waals surface area contributed by atoms with Gasteiger partial charge in [0.2, 0.25) is 0 Å². The molecule has 1 saturated carbocycles. The van der Waals surface area contributed by atoms with Crippen LogP contribution >= 0.6 is 11.8 Å². The van der Waals surface area contributed by atoms with Gasteiger partial charge in [0.15, 0.2) is 0 Å². The van der Waals surface area contributed by atoms with E-state index in [4.69, 9.17) is 0 Å². The van der Waals surface area contributed by atoms with Crippen molar-refractivity contribution in [2.45, 2.75) is 44.4 Å². The zero-order valence-corrected chi connectivity index (χ0v) is 11.1. The van der Waals surface area contributed by atoms with Gasteiger partial charge in [-0.25, -0.2) is 0 Å². The third-order valence-corrected chi connectivity index (χ3v) is 4.43. The molecule has 2 atom stereocenters. The molecule has 2 unspecified atom stereocenters. The van der Waals surface area contributed by atoms with Crippen LogP contribution in [-0.2, 0) is 0 Å². The van der Waals surface area contributed by atoms with E-state index < -0.39 is 0 Å². The van der Waals surface area contributed by atoms with E-state index in [0.717, 1.165) is 29.5 Å². The standard InChI is InChI=1S/C12H19N3OS/c1-3-17-10-5-4-9(6-10)14-12(16)11-7-13-15-8(11)2/h7,9-10H,3-6H2,1-2H3,(H,13,15)(H,14,16). The number of aromatic amines is 1. The van der Waals surface area contributed by atoms with E-state index in [1.165, 1.54) is 6.42 Å². The lowest BCUT2D eigenvalue weighted by molar-refractivity contribution is 0.0937. The Hall–Kier alpha value is -0.970. The first-order chi connectivity index (χ1) is 8.20. The highest BCUT2D eigenvalue weighted by atomic mass is 32.2. The minimum absolute atomic E-state index is 0.00315. The third kappa shape index (κ3) is 3.03. The lowest BCUT2D eigenvalue weighted by atomic mass is 10.2. The fourth-order valence-electron chi connectivity index (χ4n) is 2.30.